The van der Waals surface area contributed by atoms with Crippen LogP contribution in [0.3, 0.4) is 0 Å². The van der Waals surface area contributed by atoms with Gasteiger partial charge in [0.1, 0.15) is 12.4 Å². The van der Waals surface area contributed by atoms with Crippen LogP contribution in [0.25, 0.3) is 0 Å². The highest BCUT2D eigenvalue weighted by Gasteiger charge is 2.17. The molecule has 4 heteroatoms. The van der Waals surface area contributed by atoms with Crippen LogP contribution in [0.4, 0.5) is 0 Å². The molecule has 1 aliphatic carbocycles. The van der Waals surface area contributed by atoms with Gasteiger partial charge in [-0.3, -0.25) is 9.78 Å². The largest absolute Gasteiger partial charge is 0.479 e. The topological polar surface area (TPSA) is 51.2 Å². The number of nitrogens with one attached hydrogen (secondary N) is 1. The number of aromatic nitrogens is 1. The molecule has 1 aromatic heterocycles. The second-order valence-corrected chi connectivity index (χ2v) is 4.98. The molecule has 0 aromatic carbocycles. The fourth-order valence-electron chi connectivity index (χ4n) is 2.08. The summed E-state index contributed by atoms with van der Waals surface area (Å²) in [5.74, 6) is 6.67. The number of rotatable bonds is 4. The number of ether oxygens (including phenoxy) is 1. The lowest BCUT2D eigenvalue weighted by Crippen LogP contribution is -2.31. The van der Waals surface area contributed by atoms with Crippen LogP contribution in [0.1, 0.15) is 25.0 Å². The molecule has 1 heterocycles. The molecule has 0 fully saturated rings. The zero-order chi connectivity index (χ0) is 14.9. The first-order chi connectivity index (χ1) is 10.3. The van der Waals surface area contributed by atoms with Crippen LogP contribution in [0.2, 0.25) is 0 Å². The van der Waals surface area contributed by atoms with Gasteiger partial charge in [0.15, 0.2) is 0 Å². The third kappa shape index (κ3) is 5.31. The first-order valence-electron chi connectivity index (χ1n) is 7.19. The molecular weight excluding hydrogens is 264 g/mol. The van der Waals surface area contributed by atoms with Gasteiger partial charge in [-0.2, -0.15) is 0 Å². The molecule has 0 saturated heterocycles. The van der Waals surface area contributed by atoms with Gasteiger partial charge in [-0.25, -0.2) is 0 Å². The van der Waals surface area contributed by atoms with E-state index in [-0.39, 0.29) is 11.8 Å². The average molecular weight is 284 g/mol. The molecule has 21 heavy (non-hydrogen) atoms. The number of hydrogen-bond acceptors (Lipinski definition) is 3. The molecule has 1 aromatic rings. The van der Waals surface area contributed by atoms with Crippen LogP contribution in [-0.2, 0) is 4.79 Å². The molecule has 0 bridgehead atoms. The Bertz CT molecular complexity index is 552. The van der Waals surface area contributed by atoms with Gasteiger partial charge in [0.05, 0.1) is 12.7 Å². The van der Waals surface area contributed by atoms with E-state index in [4.69, 9.17) is 4.74 Å². The molecule has 0 spiro atoms. The number of carbonyl (C=O) groups is 1. The Balaban J connectivity index is 1.63. The highest BCUT2D eigenvalue weighted by Crippen LogP contribution is 2.17. The summed E-state index contributed by atoms with van der Waals surface area (Å²) in [6, 6.07) is 3.75. The molecular formula is C17H20N2O2. The van der Waals surface area contributed by atoms with E-state index in [1.807, 2.05) is 19.1 Å². The lowest BCUT2D eigenvalue weighted by Gasteiger charge is -2.16. The van der Waals surface area contributed by atoms with Crippen LogP contribution in [0.15, 0.2) is 30.5 Å². The van der Waals surface area contributed by atoms with Gasteiger partial charge in [0.25, 0.3) is 0 Å². The summed E-state index contributed by atoms with van der Waals surface area (Å²) >= 11 is 0. The second-order valence-electron chi connectivity index (χ2n) is 4.98. The van der Waals surface area contributed by atoms with E-state index in [0.717, 1.165) is 25.0 Å². The number of allylic oxidation sites excluding steroid dienone is 2. The second kappa shape index (κ2) is 8.11. The summed E-state index contributed by atoms with van der Waals surface area (Å²) < 4.78 is 5.43. The summed E-state index contributed by atoms with van der Waals surface area (Å²) in [6.45, 7) is 2.59. The highest BCUT2D eigenvalue weighted by atomic mass is 16.5. The predicted molar refractivity (Wildman–Crippen MR) is 81.7 cm³/mol. The van der Waals surface area contributed by atoms with Gasteiger partial charge in [-0.1, -0.05) is 24.0 Å². The van der Waals surface area contributed by atoms with Crippen LogP contribution in [0, 0.1) is 24.7 Å². The monoisotopic (exact) mass is 284 g/mol. The number of pyridine rings is 1. The standard InChI is InChI=1S/C17H20N2O2/c1-14-9-10-16(13-19-14)21-12-6-5-11-18-17(20)15-7-3-2-4-8-15/h2-3,9-10,13,15H,4,7-8,11-12H2,1H3,(H,18,20). The summed E-state index contributed by atoms with van der Waals surface area (Å²) in [7, 11) is 0. The average Bonchev–Trinajstić information content (AvgIpc) is 2.53. The van der Waals surface area contributed by atoms with Crippen LogP contribution >= 0.6 is 0 Å². The van der Waals surface area contributed by atoms with Crippen molar-refractivity contribution in [2.24, 2.45) is 5.92 Å². The predicted octanol–water partition coefficient (Wildman–Crippen LogP) is 2.24. The van der Waals surface area contributed by atoms with E-state index in [1.165, 1.54) is 0 Å². The van der Waals surface area contributed by atoms with Crippen LogP contribution in [-0.4, -0.2) is 24.0 Å². The molecule has 1 unspecified atom stereocenters. The highest BCUT2D eigenvalue weighted by molar-refractivity contribution is 5.79. The Morgan fingerprint density at radius 1 is 1.43 bits per heavy atom. The fourth-order valence-corrected chi connectivity index (χ4v) is 2.08. The number of amides is 1. The number of aryl methyl sites for hydroxylation is 1. The zero-order valence-corrected chi connectivity index (χ0v) is 12.3. The molecule has 1 amide bonds. The Morgan fingerprint density at radius 2 is 2.33 bits per heavy atom. The van der Waals surface area contributed by atoms with E-state index in [2.05, 4.69) is 34.3 Å². The van der Waals surface area contributed by atoms with Crippen molar-refractivity contribution in [1.82, 2.24) is 10.3 Å². The minimum atomic E-state index is 0.0947. The number of carbonyl (C=O) groups excluding carboxylic acids is 1. The summed E-state index contributed by atoms with van der Waals surface area (Å²) in [6.07, 6.45) is 8.63. The van der Waals surface area contributed by atoms with Crippen molar-refractivity contribution in [1.29, 1.82) is 0 Å². The van der Waals surface area contributed by atoms with Gasteiger partial charge < -0.3 is 10.1 Å². The molecule has 1 atom stereocenters. The summed E-state index contributed by atoms with van der Waals surface area (Å²) in [5, 5.41) is 2.84. The van der Waals surface area contributed by atoms with Gasteiger partial charge in [-0.05, 0) is 38.3 Å². The summed E-state index contributed by atoms with van der Waals surface area (Å²) in [4.78, 5) is 16.0. The Hall–Kier alpha value is -2.28. The maximum Gasteiger partial charge on any atom is 0.224 e. The molecule has 2 rings (SSSR count). The molecule has 0 aliphatic heterocycles. The lowest BCUT2D eigenvalue weighted by molar-refractivity contribution is -0.124. The first kappa shape index (κ1) is 15.1. The Morgan fingerprint density at radius 3 is 3.05 bits per heavy atom. The van der Waals surface area contributed by atoms with E-state index >= 15 is 0 Å². The fraction of sp³-hybridized carbons (Fsp3) is 0.412. The van der Waals surface area contributed by atoms with Gasteiger partial charge in [-0.15, -0.1) is 0 Å². The van der Waals surface area contributed by atoms with Crippen molar-refractivity contribution in [3.8, 4) is 17.6 Å². The smallest absolute Gasteiger partial charge is 0.224 e. The van der Waals surface area contributed by atoms with Gasteiger partial charge in [0.2, 0.25) is 5.91 Å². The molecule has 1 N–H and O–H groups in total. The van der Waals surface area contributed by atoms with E-state index in [1.54, 1.807) is 6.20 Å². The van der Waals surface area contributed by atoms with Gasteiger partial charge in [0, 0.05) is 11.6 Å². The first-order valence-corrected chi connectivity index (χ1v) is 7.19. The normalized spacial score (nSPS) is 16.7. The SMILES string of the molecule is Cc1ccc(OCC#CCNC(=O)C2CC=CCC2)cn1. The van der Waals surface area contributed by atoms with Crippen LogP contribution < -0.4 is 10.1 Å². The van der Waals surface area contributed by atoms with Gasteiger partial charge >= 0.3 is 0 Å². The van der Waals surface area contributed by atoms with E-state index < -0.39 is 0 Å². The van der Waals surface area contributed by atoms with Crippen LogP contribution in [0.5, 0.6) is 5.75 Å². The molecule has 1 aliphatic rings. The van der Waals surface area contributed by atoms with E-state index in [0.29, 0.717) is 18.9 Å². The molecule has 4 nitrogen and oxygen atoms in total. The summed E-state index contributed by atoms with van der Waals surface area (Å²) in [5.41, 5.74) is 0.953. The molecule has 110 valence electrons. The quantitative estimate of drug-likeness (QED) is 0.681. The van der Waals surface area contributed by atoms with E-state index in [9.17, 15) is 4.79 Å². The van der Waals surface area contributed by atoms with Crippen molar-refractivity contribution in [3.05, 3.63) is 36.2 Å². The number of hydrogen-bond donors (Lipinski definition) is 1. The Labute approximate surface area is 125 Å². The zero-order valence-electron chi connectivity index (χ0n) is 12.3. The molecule has 0 saturated carbocycles. The maximum absolute atomic E-state index is 11.8. The van der Waals surface area contributed by atoms with Crippen molar-refractivity contribution >= 4 is 5.91 Å². The lowest BCUT2D eigenvalue weighted by atomic mass is 9.94. The number of nitrogens with zero attached hydrogens (tertiary/aromatic N) is 1. The Kier molecular flexibility index (Phi) is 5.83. The minimum Gasteiger partial charge on any atom is -0.479 e. The van der Waals surface area contributed by atoms with Crippen molar-refractivity contribution < 1.29 is 9.53 Å². The van der Waals surface area contributed by atoms with Crippen molar-refractivity contribution in [2.75, 3.05) is 13.2 Å². The third-order valence-electron chi connectivity index (χ3n) is 3.31. The molecule has 0 radical (unpaired) electrons. The maximum atomic E-state index is 11.8. The van der Waals surface area contributed by atoms with Crippen molar-refractivity contribution in [3.63, 3.8) is 0 Å². The van der Waals surface area contributed by atoms with Crippen molar-refractivity contribution in [2.45, 2.75) is 26.2 Å². The minimum absolute atomic E-state index is 0.0947. The third-order valence-corrected chi connectivity index (χ3v) is 3.31.